The van der Waals surface area contributed by atoms with E-state index in [1.54, 1.807) is 12.1 Å². The highest BCUT2D eigenvalue weighted by Crippen LogP contribution is 2.32. The number of aliphatic hydroxyl groups excluding tert-OH is 1. The van der Waals surface area contributed by atoms with E-state index in [1.807, 2.05) is 0 Å². The van der Waals surface area contributed by atoms with Crippen LogP contribution in [0.15, 0.2) is 18.3 Å². The molecule has 1 aliphatic carbocycles. The molecule has 1 amide bonds. The second-order valence-electron chi connectivity index (χ2n) is 3.72. The summed E-state index contributed by atoms with van der Waals surface area (Å²) in [7, 11) is 0. The molecule has 0 spiro atoms. The Morgan fingerprint density at radius 2 is 2.47 bits per heavy atom. The Morgan fingerprint density at radius 3 is 3.07 bits per heavy atom. The van der Waals surface area contributed by atoms with Gasteiger partial charge in [-0.3, -0.25) is 4.79 Å². The summed E-state index contributed by atoms with van der Waals surface area (Å²) in [5.74, 6) is 0.0787. The van der Waals surface area contributed by atoms with E-state index >= 15 is 0 Å². The van der Waals surface area contributed by atoms with Crippen molar-refractivity contribution in [2.24, 2.45) is 5.92 Å². The highest BCUT2D eigenvalue weighted by atomic mass is 16.3. The number of hydrogen-bond donors (Lipinski definition) is 2. The fourth-order valence-electron chi connectivity index (χ4n) is 1.36. The van der Waals surface area contributed by atoms with Crippen molar-refractivity contribution in [2.75, 3.05) is 6.54 Å². The average molecular weight is 207 g/mol. The maximum Gasteiger partial charge on any atom is 0.271 e. The van der Waals surface area contributed by atoms with Gasteiger partial charge in [-0.1, -0.05) is 0 Å². The number of rotatable bonds is 4. The molecule has 1 aromatic rings. The normalized spacial score (nSPS) is 17.1. The molecule has 0 radical (unpaired) electrons. The Kier molecular flexibility index (Phi) is 2.91. The number of hydrogen-bond acceptors (Lipinski definition) is 4. The van der Waals surface area contributed by atoms with Crippen LogP contribution in [-0.2, 0) is 0 Å². The zero-order valence-electron chi connectivity index (χ0n) is 8.26. The van der Waals surface area contributed by atoms with E-state index in [0.29, 0.717) is 12.5 Å². The fourth-order valence-corrected chi connectivity index (χ4v) is 1.36. The van der Waals surface area contributed by atoms with Crippen molar-refractivity contribution in [3.8, 4) is 0 Å². The van der Waals surface area contributed by atoms with E-state index in [4.69, 9.17) is 0 Å². The van der Waals surface area contributed by atoms with Crippen LogP contribution in [0.4, 0.5) is 0 Å². The first-order valence-corrected chi connectivity index (χ1v) is 5.01. The summed E-state index contributed by atoms with van der Waals surface area (Å²) in [6.45, 7) is 0.292. The van der Waals surface area contributed by atoms with Crippen molar-refractivity contribution < 1.29 is 9.90 Å². The van der Waals surface area contributed by atoms with Crippen LogP contribution in [0.5, 0.6) is 0 Å². The summed E-state index contributed by atoms with van der Waals surface area (Å²) in [6, 6.07) is 3.24. The van der Waals surface area contributed by atoms with Crippen LogP contribution in [0.25, 0.3) is 0 Å². The third-order valence-electron chi connectivity index (χ3n) is 2.44. The number of nitrogens with one attached hydrogen (secondary N) is 1. The predicted octanol–water partition coefficient (Wildman–Crippen LogP) is -0.0227. The Bertz CT molecular complexity index is 338. The van der Waals surface area contributed by atoms with Crippen molar-refractivity contribution in [3.63, 3.8) is 0 Å². The van der Waals surface area contributed by atoms with E-state index in [0.717, 1.165) is 12.8 Å². The second-order valence-corrected chi connectivity index (χ2v) is 3.72. The SMILES string of the molecule is O=C(NCC(O)C1CC1)c1cccnn1. The highest BCUT2D eigenvalue weighted by molar-refractivity contribution is 5.91. The summed E-state index contributed by atoms with van der Waals surface area (Å²) < 4.78 is 0. The van der Waals surface area contributed by atoms with Crippen LogP contribution in [0.1, 0.15) is 23.3 Å². The second kappa shape index (κ2) is 4.35. The molecule has 0 saturated heterocycles. The van der Waals surface area contributed by atoms with Crippen LogP contribution in [0.2, 0.25) is 0 Å². The van der Waals surface area contributed by atoms with Crippen molar-refractivity contribution >= 4 is 5.91 Å². The predicted molar refractivity (Wildman–Crippen MR) is 53.1 cm³/mol. The minimum Gasteiger partial charge on any atom is -0.391 e. The number of carbonyl (C=O) groups is 1. The van der Waals surface area contributed by atoms with Crippen molar-refractivity contribution in [2.45, 2.75) is 18.9 Å². The maximum atomic E-state index is 11.5. The molecule has 15 heavy (non-hydrogen) atoms. The van der Waals surface area contributed by atoms with Crippen molar-refractivity contribution in [1.29, 1.82) is 0 Å². The van der Waals surface area contributed by atoms with Crippen LogP contribution in [0, 0.1) is 5.92 Å². The fraction of sp³-hybridized carbons (Fsp3) is 0.500. The number of nitrogens with zero attached hydrogens (tertiary/aromatic N) is 2. The standard InChI is InChI=1S/C10H13N3O2/c14-9(7-3-4-7)6-11-10(15)8-2-1-5-12-13-8/h1-2,5,7,9,14H,3-4,6H2,(H,11,15). The van der Waals surface area contributed by atoms with Crippen LogP contribution in [-0.4, -0.2) is 33.9 Å². The van der Waals surface area contributed by atoms with Crippen LogP contribution >= 0.6 is 0 Å². The number of aliphatic hydroxyl groups is 1. The highest BCUT2D eigenvalue weighted by Gasteiger charge is 2.29. The molecule has 1 aromatic heterocycles. The molecule has 0 bridgehead atoms. The molecule has 5 heteroatoms. The summed E-state index contributed by atoms with van der Waals surface area (Å²) in [6.07, 6.45) is 3.20. The Labute approximate surface area is 87.5 Å². The Hall–Kier alpha value is -1.49. The molecule has 2 N–H and O–H groups in total. The van der Waals surface area contributed by atoms with Gasteiger partial charge >= 0.3 is 0 Å². The van der Waals surface area contributed by atoms with Gasteiger partial charge in [0, 0.05) is 12.7 Å². The Morgan fingerprint density at radius 1 is 1.67 bits per heavy atom. The monoisotopic (exact) mass is 207 g/mol. The van der Waals surface area contributed by atoms with Gasteiger partial charge in [-0.25, -0.2) is 0 Å². The average Bonchev–Trinajstić information content (AvgIpc) is 3.10. The quantitative estimate of drug-likeness (QED) is 0.727. The lowest BCUT2D eigenvalue weighted by atomic mass is 10.2. The van der Waals surface area contributed by atoms with E-state index in [1.165, 1.54) is 6.20 Å². The smallest absolute Gasteiger partial charge is 0.271 e. The first-order chi connectivity index (χ1) is 7.27. The van der Waals surface area contributed by atoms with E-state index < -0.39 is 6.10 Å². The zero-order chi connectivity index (χ0) is 10.7. The molecule has 1 atom stereocenters. The summed E-state index contributed by atoms with van der Waals surface area (Å²) in [5, 5.41) is 19.4. The largest absolute Gasteiger partial charge is 0.391 e. The first-order valence-electron chi connectivity index (χ1n) is 5.01. The van der Waals surface area contributed by atoms with Crippen molar-refractivity contribution in [1.82, 2.24) is 15.5 Å². The molecule has 0 aliphatic heterocycles. The minimum atomic E-state index is -0.425. The topological polar surface area (TPSA) is 75.1 Å². The molecule has 1 aliphatic rings. The maximum absolute atomic E-state index is 11.5. The third-order valence-corrected chi connectivity index (χ3v) is 2.44. The molecular formula is C10H13N3O2. The van der Waals surface area contributed by atoms with Gasteiger partial charge in [0.1, 0.15) is 0 Å². The molecule has 1 unspecified atom stereocenters. The summed E-state index contributed by atoms with van der Waals surface area (Å²) in [4.78, 5) is 11.5. The summed E-state index contributed by atoms with van der Waals surface area (Å²) in [5.41, 5.74) is 0.278. The van der Waals surface area contributed by atoms with Crippen molar-refractivity contribution in [3.05, 3.63) is 24.0 Å². The number of amides is 1. The minimum absolute atomic E-state index is 0.278. The zero-order valence-corrected chi connectivity index (χ0v) is 8.26. The lowest BCUT2D eigenvalue weighted by Gasteiger charge is -2.09. The van der Waals surface area contributed by atoms with E-state index in [2.05, 4.69) is 15.5 Å². The van der Waals surface area contributed by atoms with Gasteiger partial charge < -0.3 is 10.4 Å². The van der Waals surface area contributed by atoms with Gasteiger partial charge in [0.25, 0.3) is 5.91 Å². The third kappa shape index (κ3) is 2.73. The van der Waals surface area contributed by atoms with Gasteiger partial charge in [-0.05, 0) is 30.9 Å². The molecular weight excluding hydrogens is 194 g/mol. The van der Waals surface area contributed by atoms with Gasteiger partial charge in [0.05, 0.1) is 6.10 Å². The molecule has 1 fully saturated rings. The molecule has 0 aromatic carbocycles. The first kappa shape index (κ1) is 10.0. The molecule has 80 valence electrons. The van der Waals surface area contributed by atoms with Crippen LogP contribution < -0.4 is 5.32 Å². The van der Waals surface area contributed by atoms with Gasteiger partial charge in [-0.2, -0.15) is 5.10 Å². The molecule has 1 saturated carbocycles. The molecule has 5 nitrogen and oxygen atoms in total. The van der Waals surface area contributed by atoms with E-state index in [9.17, 15) is 9.90 Å². The van der Waals surface area contributed by atoms with Crippen LogP contribution in [0.3, 0.4) is 0 Å². The van der Waals surface area contributed by atoms with Gasteiger partial charge in [-0.15, -0.1) is 5.10 Å². The summed E-state index contributed by atoms with van der Waals surface area (Å²) >= 11 is 0. The lowest BCUT2D eigenvalue weighted by Crippen LogP contribution is -2.33. The molecule has 2 rings (SSSR count). The molecule has 1 heterocycles. The lowest BCUT2D eigenvalue weighted by molar-refractivity contribution is 0.0895. The number of carbonyl (C=O) groups excluding carboxylic acids is 1. The van der Waals surface area contributed by atoms with E-state index in [-0.39, 0.29) is 11.6 Å². The Balaban J connectivity index is 1.82. The van der Waals surface area contributed by atoms with Gasteiger partial charge in [0.15, 0.2) is 5.69 Å². The van der Waals surface area contributed by atoms with Gasteiger partial charge in [0.2, 0.25) is 0 Å². The number of aromatic nitrogens is 2.